The van der Waals surface area contributed by atoms with Crippen LogP contribution in [0.1, 0.15) is 17.2 Å². The lowest BCUT2D eigenvalue weighted by Crippen LogP contribution is -2.17. The Bertz CT molecular complexity index is 808. The van der Waals surface area contributed by atoms with Crippen LogP contribution in [0.5, 0.6) is 17.2 Å². The summed E-state index contributed by atoms with van der Waals surface area (Å²) in [6.07, 6.45) is -4.81. The lowest BCUT2D eigenvalue weighted by molar-refractivity contribution is -0.385. The Kier molecular flexibility index (Phi) is 4.13. The number of ether oxygens (including phenoxy) is 3. The van der Waals surface area contributed by atoms with Crippen LogP contribution in [0.3, 0.4) is 0 Å². The van der Waals surface area contributed by atoms with Crippen LogP contribution in [0, 0.1) is 10.1 Å². The zero-order valence-corrected chi connectivity index (χ0v) is 12.4. The smallest absolute Gasteiger partial charge is 0.454 e. The molecule has 0 unspecified atom stereocenters. The number of alkyl halides is 3. The molecule has 3 rings (SSSR count). The van der Waals surface area contributed by atoms with Crippen LogP contribution in [0.4, 0.5) is 18.9 Å². The van der Waals surface area contributed by atoms with Gasteiger partial charge < -0.3 is 19.9 Å². The van der Waals surface area contributed by atoms with Gasteiger partial charge in [0.05, 0.1) is 22.6 Å². The van der Waals surface area contributed by atoms with Gasteiger partial charge in [-0.1, -0.05) is 12.1 Å². The maximum absolute atomic E-state index is 12.2. The van der Waals surface area contributed by atoms with E-state index in [2.05, 4.69) is 4.74 Å². The van der Waals surface area contributed by atoms with Crippen molar-refractivity contribution in [3.8, 4) is 17.2 Å². The molecule has 2 N–H and O–H groups in total. The molecule has 0 bridgehead atoms. The molecule has 132 valence electrons. The topological polar surface area (TPSA) is 96.9 Å². The molecule has 1 aliphatic rings. The van der Waals surface area contributed by atoms with Crippen LogP contribution < -0.4 is 19.9 Å². The predicted octanol–water partition coefficient (Wildman–Crippen LogP) is 3.27. The Morgan fingerprint density at radius 3 is 2.32 bits per heavy atom. The monoisotopic (exact) mass is 356 g/mol. The second-order valence-corrected chi connectivity index (χ2v) is 5.12. The van der Waals surface area contributed by atoms with Crippen LogP contribution >= 0.6 is 0 Å². The number of nitro benzene ring substituents is 1. The maximum Gasteiger partial charge on any atom is 0.573 e. The van der Waals surface area contributed by atoms with Gasteiger partial charge >= 0.3 is 6.36 Å². The zero-order valence-electron chi connectivity index (χ0n) is 12.4. The van der Waals surface area contributed by atoms with Crippen LogP contribution in [0.2, 0.25) is 0 Å². The van der Waals surface area contributed by atoms with Crippen molar-refractivity contribution in [1.82, 2.24) is 0 Å². The van der Waals surface area contributed by atoms with Gasteiger partial charge in [-0.15, -0.1) is 13.2 Å². The van der Waals surface area contributed by atoms with Crippen molar-refractivity contribution in [2.45, 2.75) is 12.4 Å². The molecule has 1 heterocycles. The van der Waals surface area contributed by atoms with E-state index >= 15 is 0 Å². The minimum Gasteiger partial charge on any atom is -0.454 e. The number of nitrogens with zero attached hydrogens (tertiary/aromatic N) is 1. The number of halogens is 3. The summed E-state index contributed by atoms with van der Waals surface area (Å²) >= 11 is 0. The Hall–Kier alpha value is -3.01. The molecule has 25 heavy (non-hydrogen) atoms. The first-order chi connectivity index (χ1) is 11.7. The zero-order chi connectivity index (χ0) is 18.2. The number of nitrogens with two attached hydrogens (primary N) is 1. The highest BCUT2D eigenvalue weighted by Crippen LogP contribution is 2.41. The molecular weight excluding hydrogens is 345 g/mol. The molecule has 0 saturated heterocycles. The van der Waals surface area contributed by atoms with Crippen LogP contribution in [0.15, 0.2) is 36.4 Å². The van der Waals surface area contributed by atoms with Crippen molar-refractivity contribution >= 4 is 5.69 Å². The van der Waals surface area contributed by atoms with Gasteiger partial charge in [-0.05, 0) is 23.8 Å². The predicted molar refractivity (Wildman–Crippen MR) is 78.4 cm³/mol. The van der Waals surface area contributed by atoms with E-state index in [4.69, 9.17) is 15.2 Å². The summed E-state index contributed by atoms with van der Waals surface area (Å²) in [5, 5.41) is 11.3. The van der Waals surface area contributed by atoms with Gasteiger partial charge in [0.2, 0.25) is 6.79 Å². The van der Waals surface area contributed by atoms with Crippen molar-refractivity contribution in [1.29, 1.82) is 0 Å². The summed E-state index contributed by atoms with van der Waals surface area (Å²) in [7, 11) is 0. The Labute approximate surface area is 138 Å². The van der Waals surface area contributed by atoms with Gasteiger partial charge in [-0.2, -0.15) is 0 Å². The fourth-order valence-corrected chi connectivity index (χ4v) is 2.41. The van der Waals surface area contributed by atoms with E-state index < -0.39 is 23.1 Å². The largest absolute Gasteiger partial charge is 0.573 e. The summed E-state index contributed by atoms with van der Waals surface area (Å²) in [6.45, 7) is -0.0609. The lowest BCUT2D eigenvalue weighted by Gasteiger charge is -2.15. The normalized spacial score (nSPS) is 14.2. The first kappa shape index (κ1) is 16.8. The first-order valence-corrected chi connectivity index (χ1v) is 6.94. The fraction of sp³-hybridized carbons (Fsp3) is 0.200. The van der Waals surface area contributed by atoms with Gasteiger partial charge in [0, 0.05) is 0 Å². The highest BCUT2D eigenvalue weighted by molar-refractivity contribution is 5.57. The van der Waals surface area contributed by atoms with Crippen molar-refractivity contribution in [2.24, 2.45) is 5.73 Å². The van der Waals surface area contributed by atoms with E-state index in [-0.39, 0.29) is 23.8 Å². The van der Waals surface area contributed by atoms with Crippen molar-refractivity contribution in [3.63, 3.8) is 0 Å². The molecule has 0 fully saturated rings. The number of fused-ring (bicyclic) bond motifs is 1. The summed E-state index contributed by atoms with van der Waals surface area (Å²) in [5.41, 5.74) is 6.31. The minimum absolute atomic E-state index is 0.0609. The number of hydrogen-bond donors (Lipinski definition) is 1. The molecule has 0 spiro atoms. The van der Waals surface area contributed by atoms with Crippen LogP contribution in [0.25, 0.3) is 0 Å². The maximum atomic E-state index is 12.2. The van der Waals surface area contributed by atoms with E-state index in [0.29, 0.717) is 11.3 Å². The van der Waals surface area contributed by atoms with E-state index in [1.54, 1.807) is 0 Å². The molecule has 0 radical (unpaired) electrons. The van der Waals surface area contributed by atoms with Gasteiger partial charge in [0.15, 0.2) is 11.5 Å². The molecule has 7 nitrogen and oxygen atoms in total. The molecule has 0 saturated carbocycles. The van der Waals surface area contributed by atoms with E-state index in [1.807, 2.05) is 0 Å². The lowest BCUT2D eigenvalue weighted by atomic mass is 9.97. The highest BCUT2D eigenvalue weighted by atomic mass is 19.4. The number of rotatable bonds is 4. The standard InChI is InChI=1S/C15H11F3N2O5/c16-15(17,18)25-9-3-1-8(2-4-9)14(19)10-5-12-13(24-7-23-12)6-11(10)20(21)22/h1-6,14H,7,19H2/t14-/m0/s1. The first-order valence-electron chi connectivity index (χ1n) is 6.94. The van der Waals surface area contributed by atoms with E-state index in [0.717, 1.165) is 12.1 Å². The molecule has 0 aromatic heterocycles. The quantitative estimate of drug-likeness (QED) is 0.667. The fourth-order valence-electron chi connectivity index (χ4n) is 2.41. The van der Waals surface area contributed by atoms with Gasteiger partial charge in [-0.3, -0.25) is 10.1 Å². The summed E-state index contributed by atoms with van der Waals surface area (Å²) in [4.78, 5) is 10.7. The van der Waals surface area contributed by atoms with Crippen molar-refractivity contribution in [2.75, 3.05) is 6.79 Å². The van der Waals surface area contributed by atoms with Crippen LogP contribution in [-0.2, 0) is 0 Å². The number of nitro groups is 1. The van der Waals surface area contributed by atoms with Crippen molar-refractivity contribution < 1.29 is 32.3 Å². The van der Waals surface area contributed by atoms with E-state index in [1.165, 1.54) is 24.3 Å². The Morgan fingerprint density at radius 2 is 1.76 bits per heavy atom. The third-order valence-electron chi connectivity index (χ3n) is 3.53. The number of benzene rings is 2. The molecular formula is C15H11F3N2O5. The van der Waals surface area contributed by atoms with Gasteiger partial charge in [0.25, 0.3) is 5.69 Å². The molecule has 10 heteroatoms. The molecule has 0 aliphatic carbocycles. The molecule has 2 aromatic carbocycles. The second kappa shape index (κ2) is 6.13. The molecule has 0 amide bonds. The molecule has 2 aromatic rings. The minimum atomic E-state index is -4.81. The summed E-state index contributed by atoms with van der Waals surface area (Å²) in [5.74, 6) is 0.133. The average Bonchev–Trinajstić information content (AvgIpc) is 2.99. The third-order valence-corrected chi connectivity index (χ3v) is 3.53. The summed E-state index contributed by atoms with van der Waals surface area (Å²) in [6, 6.07) is 6.43. The molecule has 1 aliphatic heterocycles. The number of hydrogen-bond acceptors (Lipinski definition) is 6. The van der Waals surface area contributed by atoms with Crippen molar-refractivity contribution in [3.05, 3.63) is 57.6 Å². The SMILES string of the molecule is N[C@@H](c1ccc(OC(F)(F)F)cc1)c1cc2c(cc1[N+](=O)[O-])OCO2. The third kappa shape index (κ3) is 3.58. The van der Waals surface area contributed by atoms with Gasteiger partial charge in [-0.25, -0.2) is 0 Å². The Morgan fingerprint density at radius 1 is 1.16 bits per heavy atom. The average molecular weight is 356 g/mol. The summed E-state index contributed by atoms with van der Waals surface area (Å²) < 4.78 is 50.6. The van der Waals surface area contributed by atoms with Crippen LogP contribution in [-0.4, -0.2) is 18.1 Å². The van der Waals surface area contributed by atoms with Gasteiger partial charge in [0.1, 0.15) is 5.75 Å². The second-order valence-electron chi connectivity index (χ2n) is 5.12. The molecule has 1 atom stereocenters. The van der Waals surface area contributed by atoms with E-state index in [9.17, 15) is 23.3 Å². The highest BCUT2D eigenvalue weighted by Gasteiger charge is 2.31. The Balaban J connectivity index is 1.93.